The van der Waals surface area contributed by atoms with E-state index in [1.54, 1.807) is 4.31 Å². The molecule has 0 spiro atoms. The Labute approximate surface area is 171 Å². The van der Waals surface area contributed by atoms with E-state index in [2.05, 4.69) is 5.32 Å². The molecule has 9 nitrogen and oxygen atoms in total. The maximum Gasteiger partial charge on any atom is 0.282 e. The van der Waals surface area contributed by atoms with Crippen molar-refractivity contribution in [2.75, 3.05) is 59.0 Å². The molecular formula is C19H28N4O5S. The van der Waals surface area contributed by atoms with Crippen LogP contribution in [0.4, 0.5) is 0 Å². The molecule has 4 rings (SSSR count). The first kappa shape index (κ1) is 20.4. The fraction of sp³-hybridized carbons (Fsp3) is 0.632. The van der Waals surface area contributed by atoms with E-state index in [0.29, 0.717) is 58.2 Å². The van der Waals surface area contributed by atoms with Crippen LogP contribution in [0, 0.1) is 0 Å². The lowest BCUT2D eigenvalue weighted by molar-refractivity contribution is -0.123. The van der Waals surface area contributed by atoms with E-state index in [4.69, 9.17) is 9.47 Å². The van der Waals surface area contributed by atoms with Gasteiger partial charge in [0.25, 0.3) is 10.2 Å². The van der Waals surface area contributed by atoms with E-state index in [1.165, 1.54) is 4.31 Å². The van der Waals surface area contributed by atoms with Crippen molar-refractivity contribution in [3.05, 3.63) is 24.3 Å². The summed E-state index contributed by atoms with van der Waals surface area (Å²) in [5, 5.41) is 2.89. The van der Waals surface area contributed by atoms with Crippen molar-refractivity contribution in [2.24, 2.45) is 0 Å². The molecule has 3 aliphatic heterocycles. The quantitative estimate of drug-likeness (QED) is 0.686. The van der Waals surface area contributed by atoms with E-state index < -0.39 is 10.2 Å². The maximum absolute atomic E-state index is 12.6. The highest BCUT2D eigenvalue weighted by molar-refractivity contribution is 7.86. The van der Waals surface area contributed by atoms with Crippen molar-refractivity contribution >= 4 is 16.1 Å². The van der Waals surface area contributed by atoms with Gasteiger partial charge in [0.1, 0.15) is 12.7 Å². The topological polar surface area (TPSA) is 91.4 Å². The van der Waals surface area contributed by atoms with Gasteiger partial charge in [-0.2, -0.15) is 17.0 Å². The van der Waals surface area contributed by atoms with Gasteiger partial charge in [-0.05, 0) is 25.0 Å². The van der Waals surface area contributed by atoms with Gasteiger partial charge in [-0.3, -0.25) is 9.69 Å². The van der Waals surface area contributed by atoms with Crippen LogP contribution in [-0.2, 0) is 15.0 Å². The first-order chi connectivity index (χ1) is 14.0. The monoisotopic (exact) mass is 424 g/mol. The molecule has 160 valence electrons. The number of carbonyl (C=O) groups is 1. The van der Waals surface area contributed by atoms with Crippen LogP contribution in [-0.4, -0.2) is 92.9 Å². The number of ether oxygens (including phenoxy) is 2. The van der Waals surface area contributed by atoms with Gasteiger partial charge >= 0.3 is 0 Å². The van der Waals surface area contributed by atoms with Crippen LogP contribution in [0.2, 0.25) is 0 Å². The minimum Gasteiger partial charge on any atom is -0.486 e. The van der Waals surface area contributed by atoms with Crippen LogP contribution in [0.5, 0.6) is 11.5 Å². The molecule has 0 unspecified atom stereocenters. The number of nitrogens with one attached hydrogen (secondary N) is 1. The number of fused-ring (bicyclic) bond motifs is 1. The second-order valence-corrected chi connectivity index (χ2v) is 9.52. The fourth-order valence-corrected chi connectivity index (χ4v) is 5.52. The Hall–Kier alpha value is -1.88. The Morgan fingerprint density at radius 1 is 1.00 bits per heavy atom. The second kappa shape index (κ2) is 8.86. The van der Waals surface area contributed by atoms with Gasteiger partial charge in [-0.15, -0.1) is 0 Å². The smallest absolute Gasteiger partial charge is 0.282 e. The lowest BCUT2D eigenvalue weighted by atomic mass is 10.2. The summed E-state index contributed by atoms with van der Waals surface area (Å²) in [5.74, 6) is 1.31. The van der Waals surface area contributed by atoms with Crippen LogP contribution in [0.1, 0.15) is 12.8 Å². The zero-order chi connectivity index (χ0) is 20.3. The molecule has 1 amide bonds. The Morgan fingerprint density at radius 2 is 1.66 bits per heavy atom. The minimum atomic E-state index is -3.35. The lowest BCUT2D eigenvalue weighted by Gasteiger charge is -2.35. The van der Waals surface area contributed by atoms with Gasteiger partial charge in [-0.25, -0.2) is 0 Å². The third-order valence-electron chi connectivity index (χ3n) is 5.51. The normalized spacial score (nSPS) is 23.8. The number of rotatable bonds is 6. The van der Waals surface area contributed by atoms with Crippen LogP contribution >= 0.6 is 0 Å². The van der Waals surface area contributed by atoms with Crippen molar-refractivity contribution in [2.45, 2.75) is 18.9 Å². The molecule has 1 N–H and O–H groups in total. The summed E-state index contributed by atoms with van der Waals surface area (Å²) in [6.45, 7) is 4.19. The number of hydrogen-bond donors (Lipinski definition) is 1. The van der Waals surface area contributed by atoms with Gasteiger partial charge < -0.3 is 14.8 Å². The molecule has 1 aromatic carbocycles. The molecule has 0 aliphatic carbocycles. The molecule has 3 heterocycles. The van der Waals surface area contributed by atoms with E-state index in [0.717, 1.165) is 18.6 Å². The number of hydrogen-bond acceptors (Lipinski definition) is 6. The average molecular weight is 425 g/mol. The molecule has 2 saturated heterocycles. The van der Waals surface area contributed by atoms with E-state index >= 15 is 0 Å². The number of piperazine rings is 1. The minimum absolute atomic E-state index is 0.0942. The summed E-state index contributed by atoms with van der Waals surface area (Å²) in [4.78, 5) is 14.3. The van der Waals surface area contributed by atoms with Gasteiger partial charge in [0.05, 0.1) is 13.1 Å². The Kier molecular flexibility index (Phi) is 6.23. The highest BCUT2D eigenvalue weighted by Gasteiger charge is 2.34. The van der Waals surface area contributed by atoms with E-state index in [-0.39, 0.29) is 18.6 Å². The average Bonchev–Trinajstić information content (AvgIpc) is 3.28. The Balaban J connectivity index is 1.19. The van der Waals surface area contributed by atoms with Crippen LogP contribution in [0.15, 0.2) is 24.3 Å². The van der Waals surface area contributed by atoms with Crippen molar-refractivity contribution in [3.8, 4) is 11.5 Å². The van der Waals surface area contributed by atoms with E-state index in [1.807, 2.05) is 29.2 Å². The third kappa shape index (κ3) is 4.82. The molecule has 0 saturated carbocycles. The lowest BCUT2D eigenvalue weighted by Crippen LogP contribution is -2.54. The maximum atomic E-state index is 12.6. The molecular weight excluding hydrogens is 396 g/mol. The molecule has 0 bridgehead atoms. The van der Waals surface area contributed by atoms with Crippen molar-refractivity contribution in [1.29, 1.82) is 0 Å². The van der Waals surface area contributed by atoms with Crippen molar-refractivity contribution < 1.29 is 22.7 Å². The predicted molar refractivity (Wildman–Crippen MR) is 107 cm³/mol. The van der Waals surface area contributed by atoms with Crippen LogP contribution in [0.25, 0.3) is 0 Å². The number of benzene rings is 1. The zero-order valence-corrected chi connectivity index (χ0v) is 17.3. The highest BCUT2D eigenvalue weighted by Crippen LogP contribution is 2.30. The summed E-state index contributed by atoms with van der Waals surface area (Å²) >= 11 is 0. The molecule has 0 radical (unpaired) electrons. The van der Waals surface area contributed by atoms with Gasteiger partial charge in [0, 0.05) is 39.3 Å². The summed E-state index contributed by atoms with van der Waals surface area (Å²) < 4.78 is 39.8. The Morgan fingerprint density at radius 3 is 2.38 bits per heavy atom. The molecule has 1 atom stereocenters. The first-order valence-corrected chi connectivity index (χ1v) is 11.5. The first-order valence-electron chi connectivity index (χ1n) is 10.1. The zero-order valence-electron chi connectivity index (χ0n) is 16.5. The fourth-order valence-electron chi connectivity index (χ4n) is 3.85. The van der Waals surface area contributed by atoms with Crippen LogP contribution < -0.4 is 14.8 Å². The standard InChI is InChI=1S/C19H28N4O5S/c24-19(20-13-16-15-27-17-5-1-2-6-18(17)28-16)14-21-9-11-23(12-10-21)29(25,26)22-7-3-4-8-22/h1-2,5-6,16H,3-4,7-15H2,(H,20,24)/t16-/m1/s1. The Bertz CT molecular complexity index is 820. The third-order valence-corrected chi connectivity index (χ3v) is 7.55. The molecule has 3 aliphatic rings. The van der Waals surface area contributed by atoms with Gasteiger partial charge in [0.2, 0.25) is 5.91 Å². The SMILES string of the molecule is O=C(CN1CCN(S(=O)(=O)N2CCCC2)CC1)NC[C@@H]1COc2ccccc2O1. The number of carbonyl (C=O) groups excluding carboxylic acids is 1. The molecule has 29 heavy (non-hydrogen) atoms. The van der Waals surface area contributed by atoms with E-state index in [9.17, 15) is 13.2 Å². The summed E-state index contributed by atoms with van der Waals surface area (Å²) in [7, 11) is -3.35. The highest BCUT2D eigenvalue weighted by atomic mass is 32.2. The number of nitrogens with zero attached hydrogens (tertiary/aromatic N) is 3. The molecule has 1 aromatic rings. The number of amides is 1. The summed E-state index contributed by atoms with van der Waals surface area (Å²) in [6, 6.07) is 7.47. The number of para-hydroxylation sites is 2. The molecule has 2 fully saturated rings. The largest absolute Gasteiger partial charge is 0.486 e. The molecule has 0 aromatic heterocycles. The van der Waals surface area contributed by atoms with Crippen LogP contribution in [0.3, 0.4) is 0 Å². The summed E-state index contributed by atoms with van der Waals surface area (Å²) in [5.41, 5.74) is 0. The summed E-state index contributed by atoms with van der Waals surface area (Å²) in [6.07, 6.45) is 1.64. The van der Waals surface area contributed by atoms with Gasteiger partial charge in [0.15, 0.2) is 11.5 Å². The van der Waals surface area contributed by atoms with Gasteiger partial charge in [-0.1, -0.05) is 12.1 Å². The molecule has 10 heteroatoms. The predicted octanol–water partition coefficient (Wildman–Crippen LogP) is -0.0992. The van der Waals surface area contributed by atoms with Crippen molar-refractivity contribution in [3.63, 3.8) is 0 Å². The van der Waals surface area contributed by atoms with Crippen molar-refractivity contribution in [1.82, 2.24) is 18.8 Å². The second-order valence-electron chi connectivity index (χ2n) is 7.59.